The third-order valence-corrected chi connectivity index (χ3v) is 3.30. The maximum absolute atomic E-state index is 6.00. The largest absolute Gasteiger partial charge is 0.327 e. The summed E-state index contributed by atoms with van der Waals surface area (Å²) in [6.45, 7) is 3.12. The SMILES string of the molecule is C#CCN1CC2CCC(N)C2C1. The molecular formula is C10H16N2. The predicted molar refractivity (Wildman–Crippen MR) is 49.5 cm³/mol. The zero-order valence-electron chi connectivity index (χ0n) is 7.37. The Morgan fingerprint density at radius 2 is 2.25 bits per heavy atom. The number of hydrogen-bond donors (Lipinski definition) is 1. The summed E-state index contributed by atoms with van der Waals surface area (Å²) in [6, 6.07) is 0.442. The highest BCUT2D eigenvalue weighted by Gasteiger charge is 2.40. The van der Waals surface area contributed by atoms with Gasteiger partial charge < -0.3 is 5.73 Å². The molecule has 0 radical (unpaired) electrons. The van der Waals surface area contributed by atoms with Crippen molar-refractivity contribution in [1.29, 1.82) is 0 Å². The third-order valence-electron chi connectivity index (χ3n) is 3.30. The Labute approximate surface area is 74.1 Å². The lowest BCUT2D eigenvalue weighted by atomic mass is 9.98. The topological polar surface area (TPSA) is 29.3 Å². The monoisotopic (exact) mass is 164 g/mol. The zero-order chi connectivity index (χ0) is 8.55. The number of hydrogen-bond acceptors (Lipinski definition) is 2. The van der Waals surface area contributed by atoms with Gasteiger partial charge in [-0.3, -0.25) is 4.90 Å². The molecule has 3 atom stereocenters. The molecule has 1 heterocycles. The Morgan fingerprint density at radius 3 is 2.92 bits per heavy atom. The van der Waals surface area contributed by atoms with Crippen molar-refractivity contribution < 1.29 is 0 Å². The zero-order valence-corrected chi connectivity index (χ0v) is 7.37. The first-order chi connectivity index (χ1) is 5.81. The van der Waals surface area contributed by atoms with Gasteiger partial charge in [-0.15, -0.1) is 6.42 Å². The molecule has 2 fully saturated rings. The first-order valence-corrected chi connectivity index (χ1v) is 4.72. The standard InChI is InChI=1S/C10H16N2/c1-2-5-12-6-8-3-4-10(11)9(8)7-12/h1,8-10H,3-7,11H2. The van der Waals surface area contributed by atoms with Crippen molar-refractivity contribution in [2.45, 2.75) is 18.9 Å². The Morgan fingerprint density at radius 1 is 1.42 bits per heavy atom. The Hall–Kier alpha value is -0.520. The summed E-state index contributed by atoms with van der Waals surface area (Å²) in [5.41, 5.74) is 6.00. The van der Waals surface area contributed by atoms with Crippen LogP contribution in [0.25, 0.3) is 0 Å². The summed E-state index contributed by atoms with van der Waals surface area (Å²) < 4.78 is 0. The number of nitrogens with two attached hydrogens (primary N) is 1. The third kappa shape index (κ3) is 1.24. The van der Waals surface area contributed by atoms with Crippen molar-refractivity contribution in [3.8, 4) is 12.3 Å². The molecule has 2 aliphatic rings. The van der Waals surface area contributed by atoms with Gasteiger partial charge in [-0.25, -0.2) is 0 Å². The minimum Gasteiger partial charge on any atom is -0.327 e. The number of nitrogens with zero attached hydrogens (tertiary/aromatic N) is 1. The molecule has 1 aliphatic heterocycles. The van der Waals surface area contributed by atoms with Gasteiger partial charge in [-0.05, 0) is 24.7 Å². The first kappa shape index (κ1) is 8.10. The van der Waals surface area contributed by atoms with Crippen molar-refractivity contribution in [1.82, 2.24) is 4.90 Å². The number of terminal acetylenes is 1. The van der Waals surface area contributed by atoms with E-state index < -0.39 is 0 Å². The van der Waals surface area contributed by atoms with Gasteiger partial charge in [-0.2, -0.15) is 0 Å². The molecule has 0 bridgehead atoms. The molecule has 2 rings (SSSR count). The second-order valence-electron chi connectivity index (χ2n) is 4.06. The van der Waals surface area contributed by atoms with Crippen molar-refractivity contribution in [3.63, 3.8) is 0 Å². The van der Waals surface area contributed by atoms with Crippen LogP contribution < -0.4 is 5.73 Å². The molecule has 12 heavy (non-hydrogen) atoms. The van der Waals surface area contributed by atoms with Crippen molar-refractivity contribution in [2.75, 3.05) is 19.6 Å². The summed E-state index contributed by atoms with van der Waals surface area (Å²) >= 11 is 0. The van der Waals surface area contributed by atoms with Gasteiger partial charge in [0.25, 0.3) is 0 Å². The van der Waals surface area contributed by atoms with E-state index in [1.54, 1.807) is 0 Å². The van der Waals surface area contributed by atoms with Gasteiger partial charge in [0.1, 0.15) is 0 Å². The predicted octanol–water partition coefficient (Wildman–Crippen LogP) is 0.289. The van der Waals surface area contributed by atoms with Crippen LogP contribution in [-0.4, -0.2) is 30.6 Å². The average molecular weight is 164 g/mol. The molecule has 66 valence electrons. The second-order valence-corrected chi connectivity index (χ2v) is 4.06. The molecule has 2 N–H and O–H groups in total. The summed E-state index contributed by atoms with van der Waals surface area (Å²) in [5.74, 6) is 4.27. The van der Waals surface area contributed by atoms with Gasteiger partial charge in [-0.1, -0.05) is 5.92 Å². The normalized spacial score (nSPS) is 41.2. The minimum absolute atomic E-state index is 0.442. The fourth-order valence-corrected chi connectivity index (χ4v) is 2.66. The lowest BCUT2D eigenvalue weighted by Crippen LogP contribution is -2.30. The van der Waals surface area contributed by atoms with E-state index >= 15 is 0 Å². The van der Waals surface area contributed by atoms with Crippen LogP contribution in [0.15, 0.2) is 0 Å². The lowest BCUT2D eigenvalue weighted by molar-refractivity contribution is 0.341. The van der Waals surface area contributed by atoms with Crippen LogP contribution in [0.2, 0.25) is 0 Å². The molecule has 0 spiro atoms. The van der Waals surface area contributed by atoms with Crippen LogP contribution in [0.4, 0.5) is 0 Å². The highest BCUT2D eigenvalue weighted by Crippen LogP contribution is 2.36. The minimum atomic E-state index is 0.442. The molecule has 0 aromatic carbocycles. The van der Waals surface area contributed by atoms with Crippen LogP contribution in [0.5, 0.6) is 0 Å². The van der Waals surface area contributed by atoms with Crippen LogP contribution in [0.1, 0.15) is 12.8 Å². The molecule has 0 aromatic rings. The summed E-state index contributed by atoms with van der Waals surface area (Å²) in [5, 5.41) is 0. The Bertz CT molecular complexity index is 206. The maximum Gasteiger partial charge on any atom is 0.0599 e. The Balaban J connectivity index is 1.95. The van der Waals surface area contributed by atoms with E-state index in [1.807, 2.05) is 0 Å². The Kier molecular flexibility index (Phi) is 2.08. The first-order valence-electron chi connectivity index (χ1n) is 4.72. The van der Waals surface area contributed by atoms with E-state index in [0.29, 0.717) is 6.04 Å². The fourth-order valence-electron chi connectivity index (χ4n) is 2.66. The van der Waals surface area contributed by atoms with Crippen LogP contribution >= 0.6 is 0 Å². The van der Waals surface area contributed by atoms with Crippen LogP contribution in [0.3, 0.4) is 0 Å². The maximum atomic E-state index is 6.00. The van der Waals surface area contributed by atoms with E-state index in [2.05, 4.69) is 10.8 Å². The van der Waals surface area contributed by atoms with Crippen LogP contribution in [-0.2, 0) is 0 Å². The van der Waals surface area contributed by atoms with Gasteiger partial charge in [0.15, 0.2) is 0 Å². The fraction of sp³-hybridized carbons (Fsp3) is 0.800. The quantitative estimate of drug-likeness (QED) is 0.564. The molecule has 2 nitrogen and oxygen atoms in total. The van der Waals surface area contributed by atoms with Gasteiger partial charge in [0.05, 0.1) is 6.54 Å². The average Bonchev–Trinajstić information content (AvgIpc) is 2.55. The molecule has 1 aliphatic carbocycles. The molecule has 1 saturated heterocycles. The molecule has 1 saturated carbocycles. The van der Waals surface area contributed by atoms with Gasteiger partial charge >= 0.3 is 0 Å². The second kappa shape index (κ2) is 3.08. The van der Waals surface area contributed by atoms with E-state index in [1.165, 1.54) is 19.4 Å². The van der Waals surface area contributed by atoms with Crippen molar-refractivity contribution in [3.05, 3.63) is 0 Å². The highest BCUT2D eigenvalue weighted by molar-refractivity contribution is 4.99. The number of likely N-dealkylation sites (tertiary alicyclic amines) is 1. The summed E-state index contributed by atoms with van der Waals surface area (Å²) in [4.78, 5) is 2.36. The summed E-state index contributed by atoms with van der Waals surface area (Å²) in [7, 11) is 0. The van der Waals surface area contributed by atoms with E-state index in [-0.39, 0.29) is 0 Å². The number of rotatable bonds is 1. The van der Waals surface area contributed by atoms with Crippen molar-refractivity contribution in [2.24, 2.45) is 17.6 Å². The van der Waals surface area contributed by atoms with E-state index in [9.17, 15) is 0 Å². The molecular weight excluding hydrogens is 148 g/mol. The number of fused-ring (bicyclic) bond motifs is 1. The lowest BCUT2D eigenvalue weighted by Gasteiger charge is -2.15. The highest BCUT2D eigenvalue weighted by atomic mass is 15.2. The molecule has 0 amide bonds. The smallest absolute Gasteiger partial charge is 0.0599 e. The molecule has 2 heteroatoms. The van der Waals surface area contributed by atoms with Gasteiger partial charge in [0, 0.05) is 19.1 Å². The van der Waals surface area contributed by atoms with Crippen LogP contribution in [0, 0.1) is 24.2 Å². The molecule has 3 unspecified atom stereocenters. The van der Waals surface area contributed by atoms with E-state index in [4.69, 9.17) is 12.2 Å². The van der Waals surface area contributed by atoms with E-state index in [0.717, 1.165) is 24.9 Å². The summed E-state index contributed by atoms with van der Waals surface area (Å²) in [6.07, 6.45) is 7.80. The van der Waals surface area contributed by atoms with Crippen molar-refractivity contribution >= 4 is 0 Å². The van der Waals surface area contributed by atoms with Gasteiger partial charge in [0.2, 0.25) is 0 Å². The molecule has 0 aromatic heterocycles.